The molecule has 0 saturated heterocycles. The highest BCUT2D eigenvalue weighted by Gasteiger charge is 2.40. The fraction of sp³-hybridized carbons (Fsp3) is 0.615. The molecule has 0 aliphatic carbocycles. The van der Waals surface area contributed by atoms with Crippen LogP contribution in [0.4, 0.5) is 0 Å². The first kappa shape index (κ1) is 25.9. The fourth-order valence-electron chi connectivity index (χ4n) is 4.46. The van der Waals surface area contributed by atoms with Crippen LogP contribution in [0.15, 0.2) is 36.1 Å². The van der Waals surface area contributed by atoms with E-state index in [2.05, 4.69) is 6.92 Å². The van der Waals surface area contributed by atoms with Crippen molar-refractivity contribution in [1.29, 1.82) is 0 Å². The van der Waals surface area contributed by atoms with Gasteiger partial charge in [0.05, 0.1) is 25.0 Å². The topological polar surface area (TPSA) is 82.1 Å². The highest BCUT2D eigenvalue weighted by Crippen LogP contribution is 2.41. The molecular weight excluding hydrogens is 408 g/mol. The van der Waals surface area contributed by atoms with E-state index in [0.717, 1.165) is 24.2 Å². The number of ketones is 1. The van der Waals surface area contributed by atoms with E-state index in [0.29, 0.717) is 12.2 Å². The molecule has 1 N–H and O–H groups in total. The van der Waals surface area contributed by atoms with Crippen molar-refractivity contribution >= 4 is 11.8 Å². The van der Waals surface area contributed by atoms with Gasteiger partial charge in [-0.25, -0.2) is 0 Å². The van der Waals surface area contributed by atoms with E-state index in [1.54, 1.807) is 27.2 Å². The zero-order chi connectivity index (χ0) is 24.1. The van der Waals surface area contributed by atoms with Gasteiger partial charge in [0.2, 0.25) is 0 Å². The molecule has 32 heavy (non-hydrogen) atoms. The molecule has 0 fully saturated rings. The number of carbonyl (C=O) groups is 2. The highest BCUT2D eigenvalue weighted by atomic mass is 16.5. The third kappa shape index (κ3) is 6.35. The minimum atomic E-state index is -0.845. The average Bonchev–Trinajstić information content (AvgIpc) is 2.75. The standard InChI is InChI=1S/C26H38O6/c1-16(11-12-22(31-7)19-9-8-10-20(13-19)30-6)24-18(3)21(27)14-23(32-24)26(4,5)15-17(2)25(28)29/h8-10,13-14,16-18,22,24H,11-12,15H2,1-7H3,(H,28,29)/t16-,17+,18-,22-,24?/m0/s1. The molecule has 0 radical (unpaired) electrons. The number of hydrogen-bond donors (Lipinski definition) is 1. The largest absolute Gasteiger partial charge is 0.497 e. The van der Waals surface area contributed by atoms with Crippen LogP contribution in [0.3, 0.4) is 0 Å². The molecule has 5 atom stereocenters. The second-order valence-corrected chi connectivity index (χ2v) is 9.66. The van der Waals surface area contributed by atoms with E-state index in [1.165, 1.54) is 0 Å². The van der Waals surface area contributed by atoms with Gasteiger partial charge < -0.3 is 19.3 Å². The van der Waals surface area contributed by atoms with Crippen molar-refractivity contribution < 1.29 is 28.9 Å². The van der Waals surface area contributed by atoms with E-state index in [-0.39, 0.29) is 29.8 Å². The zero-order valence-electron chi connectivity index (χ0n) is 20.4. The van der Waals surface area contributed by atoms with Crippen LogP contribution in [0.2, 0.25) is 0 Å². The van der Waals surface area contributed by atoms with Crippen LogP contribution < -0.4 is 4.74 Å². The first-order valence-electron chi connectivity index (χ1n) is 11.3. The maximum absolute atomic E-state index is 12.8. The molecule has 178 valence electrons. The summed E-state index contributed by atoms with van der Waals surface area (Å²) in [7, 11) is 3.34. The van der Waals surface area contributed by atoms with Gasteiger partial charge in [0.1, 0.15) is 17.6 Å². The van der Waals surface area contributed by atoms with Crippen LogP contribution >= 0.6 is 0 Å². The summed E-state index contributed by atoms with van der Waals surface area (Å²) in [4.78, 5) is 24.1. The number of ether oxygens (including phenoxy) is 3. The first-order valence-corrected chi connectivity index (χ1v) is 11.3. The SMILES string of the molecule is COc1cccc([C@H](CC[C@H](C)C2OC(C(C)(C)C[C@@H](C)C(=O)O)=CC(=O)[C@@H]2C)OC)c1. The number of methoxy groups -OCH3 is 2. The Balaban J connectivity index is 2.10. The molecule has 1 aliphatic heterocycles. The van der Waals surface area contributed by atoms with Gasteiger partial charge in [-0.1, -0.05) is 46.8 Å². The molecule has 1 aromatic carbocycles. The van der Waals surface area contributed by atoms with Gasteiger partial charge in [0.25, 0.3) is 0 Å². The van der Waals surface area contributed by atoms with Crippen LogP contribution in [-0.2, 0) is 19.1 Å². The lowest BCUT2D eigenvalue weighted by atomic mass is 9.77. The predicted octanol–water partition coefficient (Wildman–Crippen LogP) is 5.42. The van der Waals surface area contributed by atoms with Gasteiger partial charge in [-0.05, 0) is 42.9 Å². The molecule has 1 aromatic rings. The third-order valence-corrected chi connectivity index (χ3v) is 6.58. The van der Waals surface area contributed by atoms with Gasteiger partial charge in [-0.3, -0.25) is 9.59 Å². The Morgan fingerprint density at radius 2 is 1.91 bits per heavy atom. The van der Waals surface area contributed by atoms with E-state index in [4.69, 9.17) is 14.2 Å². The molecule has 0 aromatic heterocycles. The minimum Gasteiger partial charge on any atom is -0.497 e. The fourth-order valence-corrected chi connectivity index (χ4v) is 4.46. The number of allylic oxidation sites excluding steroid dienone is 2. The summed E-state index contributed by atoms with van der Waals surface area (Å²) in [6, 6.07) is 7.86. The van der Waals surface area contributed by atoms with Crippen LogP contribution in [-0.4, -0.2) is 37.2 Å². The van der Waals surface area contributed by atoms with Crippen molar-refractivity contribution in [3.63, 3.8) is 0 Å². The molecule has 0 spiro atoms. The van der Waals surface area contributed by atoms with Crippen LogP contribution in [0, 0.1) is 23.2 Å². The van der Waals surface area contributed by atoms with E-state index in [1.807, 2.05) is 45.0 Å². The van der Waals surface area contributed by atoms with Gasteiger partial charge in [-0.15, -0.1) is 0 Å². The van der Waals surface area contributed by atoms with E-state index >= 15 is 0 Å². The number of rotatable bonds is 11. The quantitative estimate of drug-likeness (QED) is 0.488. The Morgan fingerprint density at radius 3 is 2.50 bits per heavy atom. The summed E-state index contributed by atoms with van der Waals surface area (Å²) in [6.07, 6.45) is 3.23. The Morgan fingerprint density at radius 1 is 1.22 bits per heavy atom. The molecule has 0 saturated carbocycles. The summed E-state index contributed by atoms with van der Waals surface area (Å²) in [5, 5.41) is 9.30. The minimum absolute atomic E-state index is 0.0373. The van der Waals surface area contributed by atoms with Crippen LogP contribution in [0.1, 0.15) is 65.5 Å². The van der Waals surface area contributed by atoms with Crippen LogP contribution in [0.5, 0.6) is 5.75 Å². The second kappa shape index (κ2) is 11.0. The Kier molecular flexibility index (Phi) is 8.90. The van der Waals surface area contributed by atoms with Gasteiger partial charge >= 0.3 is 5.97 Å². The highest BCUT2D eigenvalue weighted by molar-refractivity contribution is 5.93. The van der Waals surface area contributed by atoms with E-state index < -0.39 is 17.3 Å². The smallest absolute Gasteiger partial charge is 0.306 e. The van der Waals surface area contributed by atoms with Crippen molar-refractivity contribution in [2.75, 3.05) is 14.2 Å². The maximum Gasteiger partial charge on any atom is 0.306 e. The average molecular weight is 447 g/mol. The number of aliphatic carboxylic acids is 1. The molecular formula is C26H38O6. The molecule has 0 bridgehead atoms. The second-order valence-electron chi connectivity index (χ2n) is 9.66. The lowest BCUT2D eigenvalue weighted by Gasteiger charge is -2.39. The Bertz CT molecular complexity index is 827. The number of hydrogen-bond acceptors (Lipinski definition) is 5. The number of carboxylic acid groups (broad SMARTS) is 1. The molecule has 0 amide bonds. The molecule has 6 nitrogen and oxygen atoms in total. The van der Waals surface area contributed by atoms with Crippen LogP contribution in [0.25, 0.3) is 0 Å². The van der Waals surface area contributed by atoms with Gasteiger partial charge in [-0.2, -0.15) is 0 Å². The molecule has 6 heteroatoms. The maximum atomic E-state index is 12.8. The monoisotopic (exact) mass is 446 g/mol. The number of carbonyl (C=O) groups excluding carboxylic acids is 1. The predicted molar refractivity (Wildman–Crippen MR) is 123 cm³/mol. The van der Waals surface area contributed by atoms with Crippen molar-refractivity contribution in [3.8, 4) is 5.75 Å². The van der Waals surface area contributed by atoms with E-state index in [9.17, 15) is 14.7 Å². The summed E-state index contributed by atoms with van der Waals surface area (Å²) in [6.45, 7) is 9.56. The lowest BCUT2D eigenvalue weighted by molar-refractivity contribution is -0.142. The van der Waals surface area contributed by atoms with Crippen molar-refractivity contribution in [2.45, 2.75) is 66.1 Å². The van der Waals surface area contributed by atoms with Crippen molar-refractivity contribution in [1.82, 2.24) is 0 Å². The van der Waals surface area contributed by atoms with Gasteiger partial charge in [0.15, 0.2) is 5.78 Å². The summed E-state index contributed by atoms with van der Waals surface area (Å²) < 4.78 is 17.4. The van der Waals surface area contributed by atoms with Crippen molar-refractivity contribution in [2.24, 2.45) is 23.2 Å². The molecule has 1 heterocycles. The molecule has 1 aliphatic rings. The summed E-state index contributed by atoms with van der Waals surface area (Å²) in [5.41, 5.74) is 0.512. The summed E-state index contributed by atoms with van der Waals surface area (Å²) in [5.74, 6) is -0.0860. The normalized spacial score (nSPS) is 21.8. The zero-order valence-corrected chi connectivity index (χ0v) is 20.4. The number of benzene rings is 1. The Hall–Kier alpha value is -2.34. The number of carboxylic acids is 1. The molecule has 2 rings (SSSR count). The van der Waals surface area contributed by atoms with Gasteiger partial charge in [0, 0.05) is 18.6 Å². The van der Waals surface area contributed by atoms with Crippen molar-refractivity contribution in [3.05, 3.63) is 41.7 Å². The summed E-state index contributed by atoms with van der Waals surface area (Å²) >= 11 is 0. The Labute approximate surface area is 191 Å². The first-order chi connectivity index (χ1) is 15.0. The molecule has 1 unspecified atom stereocenters. The third-order valence-electron chi connectivity index (χ3n) is 6.58. The lowest BCUT2D eigenvalue weighted by Crippen LogP contribution is -2.40.